The van der Waals surface area contributed by atoms with Gasteiger partial charge in [-0.1, -0.05) is 12.1 Å². The first kappa shape index (κ1) is 14.9. The van der Waals surface area contributed by atoms with E-state index >= 15 is 0 Å². The van der Waals surface area contributed by atoms with Gasteiger partial charge in [0.15, 0.2) is 0 Å². The Labute approximate surface area is 102 Å². The Kier molecular flexibility index (Phi) is 3.71. The highest BCUT2D eigenvalue weighted by atomic mass is 35.5. The standard InChI is InChI=1S/C9H5ClF7N/c10-18-6-3-1-5(2-4-6)7(11,8(12,13)14)9(15,16)17/h1-4,18H. The monoisotopic (exact) mass is 295 g/mol. The molecular weight excluding hydrogens is 291 g/mol. The van der Waals surface area contributed by atoms with Crippen molar-refractivity contribution in [1.29, 1.82) is 0 Å². The average molecular weight is 296 g/mol. The van der Waals surface area contributed by atoms with Crippen molar-refractivity contribution in [1.82, 2.24) is 0 Å². The minimum atomic E-state index is -6.11. The molecule has 18 heavy (non-hydrogen) atoms. The van der Waals surface area contributed by atoms with Crippen LogP contribution in [-0.4, -0.2) is 12.4 Å². The Morgan fingerprint density at radius 2 is 1.17 bits per heavy atom. The first-order chi connectivity index (χ1) is 8.04. The summed E-state index contributed by atoms with van der Waals surface area (Å²) in [6.07, 6.45) is -12.2. The molecule has 1 N–H and O–H groups in total. The van der Waals surface area contributed by atoms with Crippen LogP contribution >= 0.6 is 11.8 Å². The third kappa shape index (κ3) is 2.33. The van der Waals surface area contributed by atoms with Gasteiger partial charge in [0.1, 0.15) is 0 Å². The van der Waals surface area contributed by atoms with Gasteiger partial charge in [-0.2, -0.15) is 26.3 Å². The van der Waals surface area contributed by atoms with E-state index in [1.165, 1.54) is 0 Å². The predicted octanol–water partition coefficient (Wildman–Crippen LogP) is 4.54. The molecule has 0 fully saturated rings. The Morgan fingerprint density at radius 3 is 1.44 bits per heavy atom. The summed E-state index contributed by atoms with van der Waals surface area (Å²) in [5, 5.41) is 0. The van der Waals surface area contributed by atoms with Gasteiger partial charge in [-0.15, -0.1) is 0 Å². The molecular formula is C9H5ClF7N. The van der Waals surface area contributed by atoms with Crippen molar-refractivity contribution in [2.24, 2.45) is 0 Å². The normalized spacial score (nSPS) is 13.6. The van der Waals surface area contributed by atoms with Crippen LogP contribution in [0.25, 0.3) is 0 Å². The van der Waals surface area contributed by atoms with Crippen LogP contribution in [0.4, 0.5) is 36.4 Å². The van der Waals surface area contributed by atoms with E-state index in [9.17, 15) is 30.7 Å². The van der Waals surface area contributed by atoms with Gasteiger partial charge in [-0.3, -0.25) is 4.84 Å². The highest BCUT2D eigenvalue weighted by Gasteiger charge is 2.73. The Morgan fingerprint density at radius 1 is 0.778 bits per heavy atom. The molecule has 1 nitrogen and oxygen atoms in total. The lowest BCUT2D eigenvalue weighted by Crippen LogP contribution is -2.50. The maximum atomic E-state index is 13.5. The van der Waals surface area contributed by atoms with E-state index in [0.29, 0.717) is 12.1 Å². The minimum Gasteiger partial charge on any atom is -0.299 e. The summed E-state index contributed by atoms with van der Waals surface area (Å²) in [5.41, 5.74) is -6.93. The molecule has 0 aliphatic heterocycles. The zero-order valence-electron chi connectivity index (χ0n) is 8.33. The van der Waals surface area contributed by atoms with Gasteiger partial charge in [0.25, 0.3) is 0 Å². The molecule has 0 heterocycles. The van der Waals surface area contributed by atoms with Crippen LogP contribution in [-0.2, 0) is 5.67 Å². The SMILES string of the molecule is FC(F)(F)C(F)(c1ccc(NCl)cc1)C(F)(F)F. The lowest BCUT2D eigenvalue weighted by molar-refractivity contribution is -0.348. The van der Waals surface area contributed by atoms with Gasteiger partial charge in [0, 0.05) is 23.0 Å². The van der Waals surface area contributed by atoms with Gasteiger partial charge in [0.2, 0.25) is 0 Å². The van der Waals surface area contributed by atoms with Crippen molar-refractivity contribution in [2.45, 2.75) is 18.0 Å². The highest BCUT2D eigenvalue weighted by molar-refractivity contribution is 6.23. The van der Waals surface area contributed by atoms with Crippen molar-refractivity contribution < 1.29 is 30.7 Å². The zero-order valence-corrected chi connectivity index (χ0v) is 9.09. The van der Waals surface area contributed by atoms with E-state index in [2.05, 4.69) is 0 Å². The van der Waals surface area contributed by atoms with Crippen LogP contribution in [0.5, 0.6) is 0 Å². The van der Waals surface area contributed by atoms with E-state index in [4.69, 9.17) is 11.8 Å². The summed E-state index contributed by atoms with van der Waals surface area (Å²) in [7, 11) is 0. The number of alkyl halides is 7. The van der Waals surface area contributed by atoms with E-state index in [1.54, 1.807) is 0 Å². The fraction of sp³-hybridized carbons (Fsp3) is 0.333. The predicted molar refractivity (Wildman–Crippen MR) is 50.8 cm³/mol. The van der Waals surface area contributed by atoms with Crippen LogP contribution in [0.15, 0.2) is 24.3 Å². The summed E-state index contributed by atoms with van der Waals surface area (Å²) in [4.78, 5) is 1.97. The molecule has 0 saturated heterocycles. The molecule has 0 spiro atoms. The minimum absolute atomic E-state index is 0.0344. The molecule has 9 heteroatoms. The zero-order chi connectivity index (χ0) is 14.2. The van der Waals surface area contributed by atoms with Crippen molar-refractivity contribution >= 4 is 17.5 Å². The third-order valence-corrected chi connectivity index (χ3v) is 2.39. The molecule has 0 aliphatic rings. The largest absolute Gasteiger partial charge is 0.435 e. The van der Waals surface area contributed by atoms with E-state index in [0.717, 1.165) is 12.1 Å². The molecule has 1 aromatic rings. The van der Waals surface area contributed by atoms with Gasteiger partial charge in [-0.25, -0.2) is 4.39 Å². The lowest BCUT2D eigenvalue weighted by Gasteiger charge is -2.30. The molecule has 1 rings (SSSR count). The number of nitrogens with one attached hydrogen (secondary N) is 1. The summed E-state index contributed by atoms with van der Waals surface area (Å²) in [6.45, 7) is 0. The Hall–Kier alpha value is -1.18. The molecule has 1 aromatic carbocycles. The summed E-state index contributed by atoms with van der Waals surface area (Å²) < 4.78 is 87.5. The lowest BCUT2D eigenvalue weighted by atomic mass is 9.94. The number of halogens is 8. The van der Waals surface area contributed by atoms with Crippen LogP contribution in [0, 0.1) is 0 Å². The molecule has 0 atom stereocenters. The van der Waals surface area contributed by atoms with Crippen LogP contribution < -0.4 is 4.84 Å². The van der Waals surface area contributed by atoms with Crippen molar-refractivity contribution in [3.8, 4) is 0 Å². The molecule has 0 aliphatic carbocycles. The molecule has 0 unspecified atom stereocenters. The molecule has 0 amide bonds. The number of rotatable bonds is 2. The van der Waals surface area contributed by atoms with E-state index in [1.807, 2.05) is 4.84 Å². The van der Waals surface area contributed by atoms with Crippen LogP contribution in [0.1, 0.15) is 5.56 Å². The number of hydrogen-bond donors (Lipinski definition) is 1. The molecule has 0 radical (unpaired) electrons. The number of hydrogen-bond acceptors (Lipinski definition) is 1. The van der Waals surface area contributed by atoms with Gasteiger partial charge >= 0.3 is 18.0 Å². The second-order valence-corrected chi connectivity index (χ2v) is 3.51. The summed E-state index contributed by atoms with van der Waals surface area (Å²) in [6, 6.07) is 2.33. The Balaban J connectivity index is 3.36. The number of benzene rings is 1. The smallest absolute Gasteiger partial charge is 0.299 e. The highest BCUT2D eigenvalue weighted by Crippen LogP contribution is 2.53. The fourth-order valence-corrected chi connectivity index (χ4v) is 1.38. The van der Waals surface area contributed by atoms with Crippen LogP contribution in [0.3, 0.4) is 0 Å². The first-order valence-electron chi connectivity index (χ1n) is 4.33. The molecule has 0 bridgehead atoms. The second kappa shape index (κ2) is 4.49. The molecule has 102 valence electrons. The summed E-state index contributed by atoms with van der Waals surface area (Å²) in [5.74, 6) is 0. The van der Waals surface area contributed by atoms with Crippen molar-refractivity contribution in [3.63, 3.8) is 0 Å². The van der Waals surface area contributed by atoms with Gasteiger partial charge in [0.05, 0.1) is 0 Å². The third-order valence-electron chi connectivity index (χ3n) is 2.17. The van der Waals surface area contributed by atoms with Gasteiger partial charge in [-0.05, 0) is 12.1 Å². The maximum Gasteiger partial charge on any atom is 0.435 e. The number of anilines is 1. The molecule has 0 saturated carbocycles. The first-order valence-corrected chi connectivity index (χ1v) is 4.71. The Bertz CT molecular complexity index is 394. The fourth-order valence-electron chi connectivity index (χ4n) is 1.25. The van der Waals surface area contributed by atoms with Gasteiger partial charge < -0.3 is 0 Å². The summed E-state index contributed by atoms with van der Waals surface area (Å²) >= 11 is 5.09. The second-order valence-electron chi connectivity index (χ2n) is 3.33. The van der Waals surface area contributed by atoms with Crippen molar-refractivity contribution in [3.05, 3.63) is 29.8 Å². The topological polar surface area (TPSA) is 12.0 Å². The molecule has 0 aromatic heterocycles. The van der Waals surface area contributed by atoms with E-state index < -0.39 is 23.6 Å². The van der Waals surface area contributed by atoms with E-state index in [-0.39, 0.29) is 5.69 Å². The van der Waals surface area contributed by atoms with Crippen LogP contribution in [0.2, 0.25) is 0 Å². The quantitative estimate of drug-likeness (QED) is 0.624. The average Bonchev–Trinajstić information content (AvgIpc) is 2.25. The van der Waals surface area contributed by atoms with Crippen molar-refractivity contribution in [2.75, 3.05) is 4.84 Å². The maximum absolute atomic E-state index is 13.5.